The summed E-state index contributed by atoms with van der Waals surface area (Å²) in [5.41, 5.74) is 0.558. The maximum atomic E-state index is 12.4. The molecule has 1 aliphatic rings. The highest BCUT2D eigenvalue weighted by Gasteiger charge is 2.30. The van der Waals surface area contributed by atoms with Gasteiger partial charge in [-0.15, -0.1) is 0 Å². The molecule has 0 bridgehead atoms. The number of hydrogen-bond donors (Lipinski definition) is 1. The van der Waals surface area contributed by atoms with Crippen molar-refractivity contribution in [3.8, 4) is 0 Å². The van der Waals surface area contributed by atoms with E-state index in [1.165, 1.54) is 19.2 Å². The maximum absolute atomic E-state index is 12.4. The van der Waals surface area contributed by atoms with Crippen LogP contribution < -0.4 is 5.32 Å². The van der Waals surface area contributed by atoms with Crippen LogP contribution in [0.15, 0.2) is 30.3 Å². The molecule has 1 N–H and O–H groups in total. The molecule has 2 rings (SSSR count). The van der Waals surface area contributed by atoms with Crippen molar-refractivity contribution in [2.45, 2.75) is 6.18 Å². The summed E-state index contributed by atoms with van der Waals surface area (Å²) in [6.45, 7) is 0.392. The van der Waals surface area contributed by atoms with Crippen LogP contribution in [-0.4, -0.2) is 19.6 Å². The van der Waals surface area contributed by atoms with Crippen LogP contribution >= 0.6 is 0 Å². The van der Waals surface area contributed by atoms with Crippen LogP contribution in [0.25, 0.3) is 5.70 Å². The van der Waals surface area contributed by atoms with Gasteiger partial charge in [-0.1, -0.05) is 12.1 Å². The summed E-state index contributed by atoms with van der Waals surface area (Å²) in [6, 6.07) is 4.79. The van der Waals surface area contributed by atoms with Crippen LogP contribution in [0.2, 0.25) is 0 Å². The minimum atomic E-state index is -4.34. The average Bonchev–Trinajstić information content (AvgIpc) is 2.86. The number of hydrogen-bond acceptors (Lipinski definition) is 3. The Morgan fingerprint density at radius 3 is 2.47 bits per heavy atom. The van der Waals surface area contributed by atoms with Crippen molar-refractivity contribution in [1.29, 1.82) is 0 Å². The fraction of sp³-hybridized carbons (Fsp3) is 0.308. The molecular weight excluding hydrogens is 259 g/mol. The highest BCUT2D eigenvalue weighted by Crippen LogP contribution is 2.30. The van der Waals surface area contributed by atoms with Gasteiger partial charge in [0, 0.05) is 12.2 Å². The van der Waals surface area contributed by atoms with E-state index in [1.807, 2.05) is 0 Å². The highest BCUT2D eigenvalue weighted by atomic mass is 19.4. The fourth-order valence-electron chi connectivity index (χ4n) is 1.88. The molecule has 1 atom stereocenters. The van der Waals surface area contributed by atoms with E-state index >= 15 is 0 Å². The van der Waals surface area contributed by atoms with E-state index in [0.29, 0.717) is 17.8 Å². The van der Waals surface area contributed by atoms with Crippen LogP contribution in [0.4, 0.5) is 13.2 Å². The van der Waals surface area contributed by atoms with E-state index in [2.05, 4.69) is 10.1 Å². The van der Waals surface area contributed by atoms with Crippen molar-refractivity contribution in [2.75, 3.05) is 13.7 Å². The Balaban J connectivity index is 2.18. The quantitative estimate of drug-likeness (QED) is 0.840. The third kappa shape index (κ3) is 2.89. The van der Waals surface area contributed by atoms with Gasteiger partial charge >= 0.3 is 12.1 Å². The van der Waals surface area contributed by atoms with Gasteiger partial charge in [-0.25, -0.2) is 0 Å². The molecule has 0 unspecified atom stereocenters. The first-order chi connectivity index (χ1) is 8.91. The molecule has 0 spiro atoms. The van der Waals surface area contributed by atoms with Gasteiger partial charge in [0.25, 0.3) is 0 Å². The molecule has 3 nitrogen and oxygen atoms in total. The van der Waals surface area contributed by atoms with Gasteiger partial charge in [0.05, 0.1) is 18.6 Å². The molecule has 19 heavy (non-hydrogen) atoms. The molecule has 0 saturated carbocycles. The van der Waals surface area contributed by atoms with Crippen molar-refractivity contribution in [1.82, 2.24) is 5.32 Å². The predicted molar refractivity (Wildman–Crippen MR) is 62.9 cm³/mol. The van der Waals surface area contributed by atoms with Gasteiger partial charge in [-0.3, -0.25) is 4.79 Å². The van der Waals surface area contributed by atoms with Gasteiger partial charge in [0.2, 0.25) is 0 Å². The molecule has 0 radical (unpaired) electrons. The Kier molecular flexibility index (Phi) is 3.50. The Morgan fingerprint density at radius 1 is 1.32 bits per heavy atom. The third-order valence-electron chi connectivity index (χ3n) is 2.91. The van der Waals surface area contributed by atoms with Gasteiger partial charge < -0.3 is 10.1 Å². The fourth-order valence-corrected chi connectivity index (χ4v) is 1.88. The Labute approximate surface area is 108 Å². The molecule has 1 heterocycles. The lowest BCUT2D eigenvalue weighted by atomic mass is 10.1. The number of halogens is 3. The second-order valence-corrected chi connectivity index (χ2v) is 4.17. The number of alkyl halides is 3. The van der Waals surface area contributed by atoms with Crippen LogP contribution in [0.5, 0.6) is 0 Å². The minimum absolute atomic E-state index is 0.366. The summed E-state index contributed by atoms with van der Waals surface area (Å²) in [5.74, 6) is -0.767. The number of carbonyl (C=O) groups excluding carboxylic acids is 1. The van der Waals surface area contributed by atoms with Gasteiger partial charge in [0.15, 0.2) is 0 Å². The summed E-state index contributed by atoms with van der Waals surface area (Å²) in [6.07, 6.45) is -2.68. The van der Waals surface area contributed by atoms with E-state index in [1.54, 1.807) is 6.08 Å². The number of esters is 1. The normalized spacial score (nSPS) is 18.7. The zero-order valence-corrected chi connectivity index (χ0v) is 10.1. The van der Waals surface area contributed by atoms with Gasteiger partial charge in [0.1, 0.15) is 0 Å². The minimum Gasteiger partial charge on any atom is -0.469 e. The number of methoxy groups -OCH3 is 1. The monoisotopic (exact) mass is 271 g/mol. The van der Waals surface area contributed by atoms with E-state index < -0.39 is 17.7 Å². The molecule has 1 aromatic carbocycles. The molecule has 6 heteroatoms. The molecular formula is C13H12F3NO2. The Hall–Kier alpha value is -1.98. The molecule has 0 aliphatic carbocycles. The molecule has 1 aromatic rings. The first kappa shape index (κ1) is 13.5. The number of nitrogens with one attached hydrogen (secondary N) is 1. The predicted octanol–water partition coefficient (Wildman–Crippen LogP) is 2.44. The zero-order valence-electron chi connectivity index (χ0n) is 10.1. The zero-order chi connectivity index (χ0) is 14.0. The molecule has 0 fully saturated rings. The van der Waals surface area contributed by atoms with Gasteiger partial charge in [-0.2, -0.15) is 13.2 Å². The summed E-state index contributed by atoms with van der Waals surface area (Å²) in [4.78, 5) is 11.3. The van der Waals surface area contributed by atoms with Crippen LogP contribution in [0, 0.1) is 5.92 Å². The number of ether oxygens (including phenoxy) is 1. The lowest BCUT2D eigenvalue weighted by Crippen LogP contribution is -2.20. The van der Waals surface area contributed by atoms with Gasteiger partial charge in [-0.05, 0) is 23.8 Å². The van der Waals surface area contributed by atoms with Crippen molar-refractivity contribution < 1.29 is 22.7 Å². The lowest BCUT2D eigenvalue weighted by molar-refractivity contribution is -0.143. The molecule has 102 valence electrons. The van der Waals surface area contributed by atoms with Crippen molar-refractivity contribution in [3.05, 3.63) is 41.5 Å². The second-order valence-electron chi connectivity index (χ2n) is 4.17. The standard InChI is InChI=1S/C13H12F3NO2/c1-19-12(18)9-6-11(17-7-9)8-2-4-10(5-3-8)13(14,15)16/h2-6,9,17H,7H2,1H3/t9-/m0/s1. The van der Waals surface area contributed by atoms with Crippen molar-refractivity contribution in [3.63, 3.8) is 0 Å². The van der Waals surface area contributed by atoms with Crippen LogP contribution in [-0.2, 0) is 15.7 Å². The lowest BCUT2D eigenvalue weighted by Gasteiger charge is -2.08. The van der Waals surface area contributed by atoms with Crippen LogP contribution in [0.1, 0.15) is 11.1 Å². The van der Waals surface area contributed by atoms with Crippen LogP contribution in [0.3, 0.4) is 0 Å². The molecule has 0 amide bonds. The SMILES string of the molecule is COC(=O)[C@H]1C=C(c2ccc(C(F)(F)F)cc2)NC1. The van der Waals surface area contributed by atoms with E-state index in [0.717, 1.165) is 12.1 Å². The summed E-state index contributed by atoms with van der Waals surface area (Å²) >= 11 is 0. The van der Waals surface area contributed by atoms with E-state index in [-0.39, 0.29) is 5.97 Å². The summed E-state index contributed by atoms with van der Waals surface area (Å²) in [5, 5.41) is 2.98. The van der Waals surface area contributed by atoms with Crippen molar-refractivity contribution in [2.24, 2.45) is 5.92 Å². The average molecular weight is 271 g/mol. The second kappa shape index (κ2) is 4.95. The number of rotatable bonds is 2. The van der Waals surface area contributed by atoms with E-state index in [9.17, 15) is 18.0 Å². The summed E-state index contributed by atoms with van der Waals surface area (Å²) in [7, 11) is 1.30. The summed E-state index contributed by atoms with van der Waals surface area (Å²) < 4.78 is 41.9. The molecule has 1 aliphatic heterocycles. The number of benzene rings is 1. The maximum Gasteiger partial charge on any atom is 0.416 e. The first-order valence-corrected chi connectivity index (χ1v) is 5.63. The molecule has 0 saturated heterocycles. The third-order valence-corrected chi connectivity index (χ3v) is 2.91. The Bertz CT molecular complexity index is 506. The van der Waals surface area contributed by atoms with Crippen molar-refractivity contribution >= 4 is 11.7 Å². The smallest absolute Gasteiger partial charge is 0.416 e. The number of carbonyl (C=O) groups is 1. The Morgan fingerprint density at radius 2 is 1.95 bits per heavy atom. The van der Waals surface area contributed by atoms with E-state index in [4.69, 9.17) is 0 Å². The topological polar surface area (TPSA) is 38.3 Å². The molecule has 0 aromatic heterocycles. The largest absolute Gasteiger partial charge is 0.469 e. The first-order valence-electron chi connectivity index (χ1n) is 5.63. The highest BCUT2D eigenvalue weighted by molar-refractivity contribution is 5.80.